The molecule has 0 spiro atoms. The van der Waals surface area contributed by atoms with Crippen LogP contribution in [0, 0.1) is 0 Å². The van der Waals surface area contributed by atoms with Gasteiger partial charge in [-0.25, -0.2) is 19.9 Å². The first-order valence-corrected chi connectivity index (χ1v) is 14.7. The van der Waals surface area contributed by atoms with E-state index in [9.17, 15) is 0 Å². The molecule has 0 saturated heterocycles. The monoisotopic (exact) mass is 562 g/mol. The molecule has 2 aromatic heterocycles. The minimum absolute atomic E-state index is 0.588. The van der Waals surface area contributed by atoms with E-state index in [0.717, 1.165) is 60.8 Å². The van der Waals surface area contributed by atoms with Crippen molar-refractivity contribution in [2.45, 2.75) is 0 Å². The van der Waals surface area contributed by atoms with Crippen molar-refractivity contribution in [2.24, 2.45) is 0 Å². The lowest BCUT2D eigenvalue weighted by Crippen LogP contribution is -2.02. The molecule has 0 aliphatic carbocycles. The average Bonchev–Trinajstić information content (AvgIpc) is 3.12. The highest BCUT2D eigenvalue weighted by atomic mass is 15.0. The maximum Gasteiger partial charge on any atom is 0.166 e. The molecule has 0 radical (unpaired) electrons. The van der Waals surface area contributed by atoms with Crippen LogP contribution in [0.4, 0.5) is 0 Å². The lowest BCUT2D eigenvalue weighted by atomic mass is 9.92. The summed E-state index contributed by atoms with van der Waals surface area (Å²) in [5.41, 5.74) is 7.78. The fourth-order valence-electron chi connectivity index (χ4n) is 5.79. The molecular formula is C40H26N4. The minimum Gasteiger partial charge on any atom is -0.247 e. The summed E-state index contributed by atoms with van der Waals surface area (Å²) in [6.07, 6.45) is 0. The third-order valence-electron chi connectivity index (χ3n) is 7.90. The van der Waals surface area contributed by atoms with E-state index in [1.54, 1.807) is 0 Å². The van der Waals surface area contributed by atoms with Crippen molar-refractivity contribution < 1.29 is 0 Å². The first kappa shape index (κ1) is 25.7. The van der Waals surface area contributed by atoms with Gasteiger partial charge in [-0.15, -0.1) is 0 Å². The summed E-state index contributed by atoms with van der Waals surface area (Å²) in [5, 5.41) is 3.31. The van der Waals surface area contributed by atoms with Crippen molar-refractivity contribution in [2.75, 3.05) is 0 Å². The number of rotatable bonds is 5. The van der Waals surface area contributed by atoms with Crippen LogP contribution in [0.3, 0.4) is 0 Å². The molecule has 0 aliphatic rings. The second kappa shape index (κ2) is 11.0. The molecule has 4 heteroatoms. The fraction of sp³-hybridized carbons (Fsp3) is 0. The molecule has 8 aromatic rings. The highest BCUT2D eigenvalue weighted by Crippen LogP contribution is 2.41. The Morgan fingerprint density at radius 2 is 0.818 bits per heavy atom. The number of aromatic nitrogens is 4. The number of benzene rings is 6. The van der Waals surface area contributed by atoms with E-state index >= 15 is 0 Å². The normalized spacial score (nSPS) is 11.2. The Labute approximate surface area is 255 Å². The van der Waals surface area contributed by atoms with Crippen LogP contribution in [0.15, 0.2) is 158 Å². The van der Waals surface area contributed by atoms with Crippen LogP contribution in [-0.2, 0) is 0 Å². The molecule has 2 heterocycles. The molecule has 8 rings (SSSR count). The van der Waals surface area contributed by atoms with Gasteiger partial charge in [0.15, 0.2) is 17.5 Å². The summed E-state index contributed by atoms with van der Waals surface area (Å²) in [4.78, 5) is 20.5. The third kappa shape index (κ3) is 4.69. The zero-order valence-corrected chi connectivity index (χ0v) is 23.8. The van der Waals surface area contributed by atoms with Crippen LogP contribution in [0.1, 0.15) is 0 Å². The van der Waals surface area contributed by atoms with Crippen LogP contribution >= 0.6 is 0 Å². The van der Waals surface area contributed by atoms with E-state index < -0.39 is 0 Å². The van der Waals surface area contributed by atoms with Gasteiger partial charge in [-0.2, -0.15) is 0 Å². The van der Waals surface area contributed by atoms with Crippen molar-refractivity contribution >= 4 is 21.7 Å². The lowest BCUT2D eigenvalue weighted by Gasteiger charge is -2.16. The first-order chi connectivity index (χ1) is 21.8. The fourth-order valence-corrected chi connectivity index (χ4v) is 5.79. The average molecular weight is 563 g/mol. The molecule has 0 atom stereocenters. The molecule has 4 nitrogen and oxygen atoms in total. The summed E-state index contributed by atoms with van der Waals surface area (Å²) in [6, 6.07) is 53.9. The predicted molar refractivity (Wildman–Crippen MR) is 180 cm³/mol. The zero-order valence-electron chi connectivity index (χ0n) is 23.8. The van der Waals surface area contributed by atoms with Crippen LogP contribution in [0.25, 0.3) is 78.2 Å². The number of fused-ring (bicyclic) bond motifs is 3. The molecule has 6 aromatic carbocycles. The van der Waals surface area contributed by atoms with Gasteiger partial charge in [0.25, 0.3) is 0 Å². The topological polar surface area (TPSA) is 51.6 Å². The SMILES string of the molecule is c1ccc(-c2cc(-c3ccccc3)c3c(n2)c(-c2nc(-c4ccccc4)nc(-c4ccccc4)n2)cc2ccccc23)cc1. The van der Waals surface area contributed by atoms with Crippen molar-refractivity contribution in [3.8, 4) is 56.5 Å². The molecule has 0 saturated carbocycles. The lowest BCUT2D eigenvalue weighted by molar-refractivity contribution is 1.08. The van der Waals surface area contributed by atoms with Gasteiger partial charge < -0.3 is 0 Å². The molecule has 44 heavy (non-hydrogen) atoms. The Bertz CT molecular complexity index is 2190. The van der Waals surface area contributed by atoms with E-state index in [1.165, 1.54) is 0 Å². The second-order valence-corrected chi connectivity index (χ2v) is 10.7. The Morgan fingerprint density at radius 1 is 0.341 bits per heavy atom. The largest absolute Gasteiger partial charge is 0.247 e. The maximum atomic E-state index is 5.36. The maximum absolute atomic E-state index is 5.36. The Morgan fingerprint density at radius 3 is 1.41 bits per heavy atom. The first-order valence-electron chi connectivity index (χ1n) is 14.7. The van der Waals surface area contributed by atoms with E-state index in [-0.39, 0.29) is 0 Å². The molecule has 0 unspecified atom stereocenters. The van der Waals surface area contributed by atoms with Crippen molar-refractivity contribution in [1.29, 1.82) is 0 Å². The number of pyridine rings is 1. The summed E-state index contributed by atoms with van der Waals surface area (Å²) >= 11 is 0. The molecule has 206 valence electrons. The Balaban J connectivity index is 1.50. The van der Waals surface area contributed by atoms with Gasteiger partial charge >= 0.3 is 0 Å². The summed E-state index contributed by atoms with van der Waals surface area (Å²) in [7, 11) is 0. The Hall–Kier alpha value is -6.00. The molecule has 0 fully saturated rings. The van der Waals surface area contributed by atoms with E-state index in [1.807, 2.05) is 66.7 Å². The van der Waals surface area contributed by atoms with Gasteiger partial charge in [-0.1, -0.05) is 146 Å². The van der Waals surface area contributed by atoms with Crippen LogP contribution in [0.5, 0.6) is 0 Å². The molecular weight excluding hydrogens is 536 g/mol. The summed E-state index contributed by atoms with van der Waals surface area (Å²) in [5.74, 6) is 1.83. The summed E-state index contributed by atoms with van der Waals surface area (Å²) in [6.45, 7) is 0. The number of nitrogens with zero attached hydrogens (tertiary/aromatic N) is 4. The zero-order chi connectivity index (χ0) is 29.3. The van der Waals surface area contributed by atoms with Crippen molar-refractivity contribution in [3.63, 3.8) is 0 Å². The summed E-state index contributed by atoms with van der Waals surface area (Å²) < 4.78 is 0. The van der Waals surface area contributed by atoms with Gasteiger partial charge in [0.2, 0.25) is 0 Å². The molecule has 0 bridgehead atoms. The minimum atomic E-state index is 0.588. The van der Waals surface area contributed by atoms with Gasteiger partial charge in [0, 0.05) is 27.6 Å². The number of hydrogen-bond donors (Lipinski definition) is 0. The van der Waals surface area contributed by atoms with E-state index in [4.69, 9.17) is 19.9 Å². The van der Waals surface area contributed by atoms with Gasteiger partial charge in [-0.05, 0) is 34.0 Å². The second-order valence-electron chi connectivity index (χ2n) is 10.7. The van der Waals surface area contributed by atoms with Gasteiger partial charge in [0.1, 0.15) is 0 Å². The highest BCUT2D eigenvalue weighted by Gasteiger charge is 2.20. The van der Waals surface area contributed by atoms with Gasteiger partial charge in [0.05, 0.1) is 11.2 Å². The molecule has 0 N–H and O–H groups in total. The predicted octanol–water partition coefficient (Wildman–Crippen LogP) is 9.91. The van der Waals surface area contributed by atoms with E-state index in [0.29, 0.717) is 17.5 Å². The smallest absolute Gasteiger partial charge is 0.166 e. The van der Waals surface area contributed by atoms with Crippen LogP contribution in [0.2, 0.25) is 0 Å². The standard InChI is InChI=1S/C40H26N4/c1-5-15-27(16-6-1)33-26-35(28-17-7-2-8-18-28)41-37-34(25-31-23-13-14-24-32(31)36(33)37)40-43-38(29-19-9-3-10-20-29)42-39(44-40)30-21-11-4-12-22-30/h1-26H. The molecule has 0 amide bonds. The van der Waals surface area contributed by atoms with Gasteiger partial charge in [-0.3, -0.25) is 0 Å². The Kier molecular flexibility index (Phi) is 6.43. The van der Waals surface area contributed by atoms with Crippen molar-refractivity contribution in [3.05, 3.63) is 158 Å². The van der Waals surface area contributed by atoms with E-state index in [2.05, 4.69) is 91.0 Å². The molecule has 0 aliphatic heterocycles. The van der Waals surface area contributed by atoms with Crippen LogP contribution in [-0.4, -0.2) is 19.9 Å². The number of hydrogen-bond acceptors (Lipinski definition) is 4. The highest BCUT2D eigenvalue weighted by molar-refractivity contribution is 6.18. The quantitative estimate of drug-likeness (QED) is 0.196. The van der Waals surface area contributed by atoms with Crippen molar-refractivity contribution in [1.82, 2.24) is 19.9 Å². The van der Waals surface area contributed by atoms with Crippen LogP contribution < -0.4 is 0 Å². The third-order valence-corrected chi connectivity index (χ3v) is 7.90.